The zero-order chi connectivity index (χ0) is 15.2. The second-order valence-electron chi connectivity index (χ2n) is 5.49. The van der Waals surface area contributed by atoms with Crippen molar-refractivity contribution in [2.24, 2.45) is 5.92 Å². The predicted octanol–water partition coefficient (Wildman–Crippen LogP) is 2.71. The number of ether oxygens (including phenoxy) is 1. The van der Waals surface area contributed by atoms with Crippen molar-refractivity contribution in [1.82, 2.24) is 10.3 Å². The van der Waals surface area contributed by atoms with Crippen LogP contribution < -0.4 is 5.32 Å². The highest BCUT2D eigenvalue weighted by atomic mass is 16.5. The molecule has 1 aromatic carbocycles. The first-order chi connectivity index (χ1) is 10.8. The molecule has 0 radical (unpaired) electrons. The van der Waals surface area contributed by atoms with Gasteiger partial charge in [0.1, 0.15) is 0 Å². The maximum Gasteiger partial charge on any atom is 0.224 e. The van der Waals surface area contributed by atoms with Crippen LogP contribution in [0.1, 0.15) is 30.1 Å². The third-order valence-corrected chi connectivity index (χ3v) is 4.00. The standard InChI is InChI=1S/C18H20N2O2/c21-18(15-9-12-22-13-10-15)20-17(14-6-2-1-3-7-14)16-8-4-5-11-19-16/h1-8,11,15,17H,9-10,12-13H2,(H,20,21). The largest absolute Gasteiger partial charge is 0.381 e. The fraction of sp³-hybridized carbons (Fsp3) is 0.333. The number of nitrogens with one attached hydrogen (secondary N) is 1. The van der Waals surface area contributed by atoms with Gasteiger partial charge in [0, 0.05) is 25.3 Å². The lowest BCUT2D eigenvalue weighted by Crippen LogP contribution is -2.37. The number of pyridine rings is 1. The lowest BCUT2D eigenvalue weighted by molar-refractivity contribution is -0.128. The van der Waals surface area contributed by atoms with E-state index in [0.717, 1.165) is 24.1 Å². The van der Waals surface area contributed by atoms with Crippen molar-refractivity contribution in [2.45, 2.75) is 18.9 Å². The van der Waals surface area contributed by atoms with E-state index >= 15 is 0 Å². The summed E-state index contributed by atoms with van der Waals surface area (Å²) >= 11 is 0. The molecule has 0 saturated carbocycles. The summed E-state index contributed by atoms with van der Waals surface area (Å²) in [5.74, 6) is 0.117. The molecule has 1 amide bonds. The van der Waals surface area contributed by atoms with Crippen LogP contribution in [0.3, 0.4) is 0 Å². The molecule has 3 rings (SSSR count). The highest BCUT2D eigenvalue weighted by molar-refractivity contribution is 5.79. The smallest absolute Gasteiger partial charge is 0.224 e. The van der Waals surface area contributed by atoms with Crippen LogP contribution in [-0.2, 0) is 9.53 Å². The molecule has 0 aliphatic carbocycles. The minimum atomic E-state index is -0.210. The van der Waals surface area contributed by atoms with Gasteiger partial charge in [-0.2, -0.15) is 0 Å². The average molecular weight is 296 g/mol. The summed E-state index contributed by atoms with van der Waals surface area (Å²) in [6.45, 7) is 1.33. The maximum absolute atomic E-state index is 12.6. The van der Waals surface area contributed by atoms with Crippen molar-refractivity contribution < 1.29 is 9.53 Å². The third-order valence-electron chi connectivity index (χ3n) is 4.00. The van der Waals surface area contributed by atoms with Crippen molar-refractivity contribution in [2.75, 3.05) is 13.2 Å². The van der Waals surface area contributed by atoms with Crippen molar-refractivity contribution in [1.29, 1.82) is 0 Å². The number of rotatable bonds is 4. The Balaban J connectivity index is 1.81. The van der Waals surface area contributed by atoms with Gasteiger partial charge in [0.25, 0.3) is 0 Å². The quantitative estimate of drug-likeness (QED) is 0.944. The van der Waals surface area contributed by atoms with Crippen LogP contribution in [-0.4, -0.2) is 24.1 Å². The van der Waals surface area contributed by atoms with Gasteiger partial charge in [-0.25, -0.2) is 0 Å². The number of hydrogen-bond acceptors (Lipinski definition) is 3. The highest BCUT2D eigenvalue weighted by Crippen LogP contribution is 2.22. The molecule has 1 aromatic heterocycles. The minimum absolute atomic E-state index is 0.0312. The number of benzene rings is 1. The number of amides is 1. The van der Waals surface area contributed by atoms with Crippen LogP contribution in [0.5, 0.6) is 0 Å². The van der Waals surface area contributed by atoms with Gasteiger partial charge in [0.2, 0.25) is 5.91 Å². The van der Waals surface area contributed by atoms with E-state index in [0.29, 0.717) is 13.2 Å². The molecule has 0 spiro atoms. The number of carbonyl (C=O) groups excluding carboxylic acids is 1. The van der Waals surface area contributed by atoms with E-state index in [1.165, 1.54) is 0 Å². The van der Waals surface area contributed by atoms with Crippen molar-refractivity contribution in [3.05, 3.63) is 66.0 Å². The van der Waals surface area contributed by atoms with Crippen molar-refractivity contribution in [3.8, 4) is 0 Å². The zero-order valence-corrected chi connectivity index (χ0v) is 12.4. The molecule has 1 N–H and O–H groups in total. The Labute approximate surface area is 130 Å². The average Bonchev–Trinajstić information content (AvgIpc) is 2.62. The molecule has 0 bridgehead atoms. The first kappa shape index (κ1) is 14.7. The Bertz CT molecular complexity index is 555. The van der Waals surface area contributed by atoms with Crippen LogP contribution in [0.2, 0.25) is 0 Å². The van der Waals surface area contributed by atoms with Crippen LogP contribution >= 0.6 is 0 Å². The minimum Gasteiger partial charge on any atom is -0.381 e. The molecule has 4 heteroatoms. The molecular formula is C18H20N2O2. The van der Waals surface area contributed by atoms with Gasteiger partial charge in [-0.15, -0.1) is 0 Å². The second-order valence-corrected chi connectivity index (χ2v) is 5.49. The van der Waals surface area contributed by atoms with Crippen LogP contribution in [0.25, 0.3) is 0 Å². The van der Waals surface area contributed by atoms with E-state index in [-0.39, 0.29) is 17.9 Å². The first-order valence-corrected chi connectivity index (χ1v) is 7.68. The molecule has 1 saturated heterocycles. The third kappa shape index (κ3) is 3.52. The SMILES string of the molecule is O=C(NC(c1ccccc1)c1ccccn1)C1CCOCC1. The van der Waals surface area contributed by atoms with E-state index in [4.69, 9.17) is 4.74 Å². The summed E-state index contributed by atoms with van der Waals surface area (Å²) in [6.07, 6.45) is 3.33. The number of nitrogens with zero attached hydrogens (tertiary/aromatic N) is 1. The fourth-order valence-electron chi connectivity index (χ4n) is 2.74. The Morgan fingerprint density at radius 3 is 2.50 bits per heavy atom. The van der Waals surface area contributed by atoms with E-state index < -0.39 is 0 Å². The van der Waals surface area contributed by atoms with Gasteiger partial charge < -0.3 is 10.1 Å². The highest BCUT2D eigenvalue weighted by Gasteiger charge is 2.25. The van der Waals surface area contributed by atoms with E-state index in [1.807, 2.05) is 48.5 Å². The normalized spacial score (nSPS) is 16.9. The van der Waals surface area contributed by atoms with Gasteiger partial charge in [-0.05, 0) is 30.5 Å². The number of carbonyl (C=O) groups is 1. The second kappa shape index (κ2) is 7.18. The Morgan fingerprint density at radius 2 is 1.82 bits per heavy atom. The van der Waals surface area contributed by atoms with Crippen LogP contribution in [0.4, 0.5) is 0 Å². The molecule has 2 heterocycles. The van der Waals surface area contributed by atoms with Gasteiger partial charge >= 0.3 is 0 Å². The van der Waals surface area contributed by atoms with Gasteiger partial charge in [-0.1, -0.05) is 36.4 Å². The Morgan fingerprint density at radius 1 is 1.09 bits per heavy atom. The summed E-state index contributed by atoms with van der Waals surface area (Å²) in [4.78, 5) is 17.0. The van der Waals surface area contributed by atoms with Crippen LogP contribution in [0, 0.1) is 5.92 Å². The van der Waals surface area contributed by atoms with Crippen molar-refractivity contribution in [3.63, 3.8) is 0 Å². The lowest BCUT2D eigenvalue weighted by Gasteiger charge is -2.25. The summed E-state index contributed by atoms with van der Waals surface area (Å²) in [5.41, 5.74) is 1.90. The molecule has 1 aliphatic heterocycles. The van der Waals surface area contributed by atoms with Gasteiger partial charge in [-0.3, -0.25) is 9.78 Å². The monoisotopic (exact) mass is 296 g/mol. The number of hydrogen-bond donors (Lipinski definition) is 1. The molecule has 114 valence electrons. The molecule has 4 nitrogen and oxygen atoms in total. The van der Waals surface area contributed by atoms with Gasteiger partial charge in [0.05, 0.1) is 11.7 Å². The molecule has 1 atom stereocenters. The fourth-order valence-corrected chi connectivity index (χ4v) is 2.74. The summed E-state index contributed by atoms with van der Waals surface area (Å²) < 4.78 is 5.33. The van der Waals surface area contributed by atoms with E-state index in [2.05, 4.69) is 10.3 Å². The maximum atomic E-state index is 12.6. The van der Waals surface area contributed by atoms with Crippen molar-refractivity contribution >= 4 is 5.91 Å². The molecule has 1 unspecified atom stereocenters. The van der Waals surface area contributed by atoms with E-state index in [1.54, 1.807) is 6.20 Å². The van der Waals surface area contributed by atoms with Gasteiger partial charge in [0.15, 0.2) is 0 Å². The molecule has 1 fully saturated rings. The molecule has 22 heavy (non-hydrogen) atoms. The Kier molecular flexibility index (Phi) is 4.81. The summed E-state index contributed by atoms with van der Waals surface area (Å²) in [5, 5.41) is 3.16. The molecular weight excluding hydrogens is 276 g/mol. The first-order valence-electron chi connectivity index (χ1n) is 7.68. The molecule has 2 aromatic rings. The summed E-state index contributed by atoms with van der Waals surface area (Å²) in [6, 6.07) is 15.5. The van der Waals surface area contributed by atoms with Crippen LogP contribution in [0.15, 0.2) is 54.7 Å². The topological polar surface area (TPSA) is 51.2 Å². The predicted molar refractivity (Wildman–Crippen MR) is 84.2 cm³/mol. The Hall–Kier alpha value is -2.20. The van der Waals surface area contributed by atoms with E-state index in [9.17, 15) is 4.79 Å². The number of aromatic nitrogens is 1. The summed E-state index contributed by atoms with van der Waals surface area (Å²) in [7, 11) is 0. The molecule has 1 aliphatic rings. The lowest BCUT2D eigenvalue weighted by atomic mass is 9.97. The zero-order valence-electron chi connectivity index (χ0n) is 12.4.